The van der Waals surface area contributed by atoms with Gasteiger partial charge in [0.25, 0.3) is 0 Å². The van der Waals surface area contributed by atoms with Crippen LogP contribution in [0.5, 0.6) is 0 Å². The minimum Gasteiger partial charge on any atom is -0.456 e. The van der Waals surface area contributed by atoms with Crippen molar-refractivity contribution < 1.29 is 4.74 Å². The van der Waals surface area contributed by atoms with E-state index in [1.165, 1.54) is 5.57 Å². The smallest absolute Gasteiger partial charge is 0.148 e. The first kappa shape index (κ1) is 23.8. The second kappa shape index (κ2) is 13.1. The molecule has 0 aromatic heterocycles. The molecule has 4 nitrogen and oxygen atoms in total. The van der Waals surface area contributed by atoms with Gasteiger partial charge in [-0.2, -0.15) is 0 Å². The van der Waals surface area contributed by atoms with E-state index >= 15 is 0 Å². The van der Waals surface area contributed by atoms with E-state index in [1.54, 1.807) is 7.05 Å². The standard InChI is InChI=1S/C17H20N2O.C3H9N.C2H6/c1-12-5-4-6-14(8-7-12)20-17-10-9-15(18)13(2)11-16(17)19-3;1-4(2)3;1-2/h5-8,10-11,18H,4,9H2,1-3H3;1-3H3;1-2H3. The van der Waals surface area contributed by atoms with Gasteiger partial charge in [0.15, 0.2) is 0 Å². The Kier molecular flexibility index (Phi) is 12.0. The molecule has 0 saturated carbocycles. The van der Waals surface area contributed by atoms with E-state index in [0.717, 1.165) is 29.2 Å². The minimum atomic E-state index is 0.574. The van der Waals surface area contributed by atoms with Crippen molar-refractivity contribution in [3.63, 3.8) is 0 Å². The molecule has 0 radical (unpaired) electrons. The summed E-state index contributed by atoms with van der Waals surface area (Å²) in [6.07, 6.45) is 13.5. The van der Waals surface area contributed by atoms with E-state index in [4.69, 9.17) is 10.1 Å². The second-order valence-corrected chi connectivity index (χ2v) is 6.25. The van der Waals surface area contributed by atoms with E-state index in [2.05, 4.69) is 18.0 Å². The number of hydrogen-bond acceptors (Lipinski definition) is 4. The van der Waals surface area contributed by atoms with Crippen LogP contribution >= 0.6 is 0 Å². The molecule has 1 N–H and O–H groups in total. The van der Waals surface area contributed by atoms with Gasteiger partial charge in [0.05, 0.1) is 5.71 Å². The first-order valence-corrected chi connectivity index (χ1v) is 9.10. The van der Waals surface area contributed by atoms with Crippen molar-refractivity contribution in [2.45, 2.75) is 40.5 Å². The van der Waals surface area contributed by atoms with Crippen molar-refractivity contribution in [2.24, 2.45) is 4.99 Å². The van der Waals surface area contributed by atoms with Gasteiger partial charge in [0.1, 0.15) is 11.5 Å². The summed E-state index contributed by atoms with van der Waals surface area (Å²) in [5.41, 5.74) is 3.56. The van der Waals surface area contributed by atoms with Crippen LogP contribution in [0.25, 0.3) is 0 Å². The molecule has 0 saturated heterocycles. The Hall–Kier alpha value is -2.20. The molecule has 4 heteroatoms. The van der Waals surface area contributed by atoms with Crippen molar-refractivity contribution in [1.29, 1.82) is 5.41 Å². The zero-order valence-corrected chi connectivity index (χ0v) is 17.7. The summed E-state index contributed by atoms with van der Waals surface area (Å²) in [4.78, 5) is 6.26. The van der Waals surface area contributed by atoms with Crippen molar-refractivity contribution >= 4 is 11.4 Å². The van der Waals surface area contributed by atoms with Gasteiger partial charge in [0, 0.05) is 19.2 Å². The largest absolute Gasteiger partial charge is 0.456 e. The van der Waals surface area contributed by atoms with Gasteiger partial charge >= 0.3 is 0 Å². The van der Waals surface area contributed by atoms with Gasteiger partial charge in [-0.3, -0.25) is 4.99 Å². The van der Waals surface area contributed by atoms with E-state index in [1.807, 2.05) is 77.2 Å². The lowest BCUT2D eigenvalue weighted by atomic mass is 10.1. The molecule has 2 aliphatic carbocycles. The predicted octanol–water partition coefficient (Wildman–Crippen LogP) is 5.32. The molecular formula is C22H35N3O. The summed E-state index contributed by atoms with van der Waals surface area (Å²) < 4.78 is 5.97. The topological polar surface area (TPSA) is 48.7 Å². The summed E-state index contributed by atoms with van der Waals surface area (Å²) in [5, 5.41) is 7.91. The van der Waals surface area contributed by atoms with Crippen LogP contribution in [-0.2, 0) is 4.74 Å². The predicted molar refractivity (Wildman–Crippen MR) is 115 cm³/mol. The van der Waals surface area contributed by atoms with Crippen LogP contribution in [0.15, 0.2) is 64.1 Å². The molecule has 26 heavy (non-hydrogen) atoms. The number of nitrogens with zero attached hydrogens (tertiary/aromatic N) is 2. The number of ether oxygens (including phenoxy) is 1. The number of rotatable bonds is 2. The van der Waals surface area contributed by atoms with E-state index in [9.17, 15) is 0 Å². The first-order valence-electron chi connectivity index (χ1n) is 9.10. The molecule has 0 aromatic carbocycles. The van der Waals surface area contributed by atoms with E-state index < -0.39 is 0 Å². The third-order valence-corrected chi connectivity index (χ3v) is 3.31. The van der Waals surface area contributed by atoms with Gasteiger partial charge < -0.3 is 15.0 Å². The molecule has 0 unspecified atom stereocenters. The summed E-state index contributed by atoms with van der Waals surface area (Å²) >= 11 is 0. The normalized spacial score (nSPS) is 18.2. The fourth-order valence-electron chi connectivity index (χ4n) is 2.01. The van der Waals surface area contributed by atoms with Gasteiger partial charge in [-0.15, -0.1) is 0 Å². The Morgan fingerprint density at radius 2 is 1.65 bits per heavy atom. The average Bonchev–Trinajstić information content (AvgIpc) is 2.88. The Morgan fingerprint density at radius 3 is 2.23 bits per heavy atom. The quantitative estimate of drug-likeness (QED) is 0.727. The lowest BCUT2D eigenvalue weighted by Gasteiger charge is -2.10. The Labute approximate surface area is 159 Å². The molecule has 0 fully saturated rings. The lowest BCUT2D eigenvalue weighted by molar-refractivity contribution is 0.342. The van der Waals surface area contributed by atoms with Crippen LogP contribution in [0.3, 0.4) is 0 Å². The van der Waals surface area contributed by atoms with Crippen molar-refractivity contribution in [3.05, 3.63) is 59.1 Å². The van der Waals surface area contributed by atoms with Crippen LogP contribution < -0.4 is 0 Å². The summed E-state index contributed by atoms with van der Waals surface area (Å²) in [7, 11) is 7.74. The highest BCUT2D eigenvalue weighted by Crippen LogP contribution is 2.19. The SMILES string of the molecule is CC.CN(C)C.CN=C1C=C(C)C(=N)CC=C1OC1=CCC=C(C)C=C1. The molecule has 0 bridgehead atoms. The molecule has 0 amide bonds. The zero-order valence-electron chi connectivity index (χ0n) is 17.7. The highest BCUT2D eigenvalue weighted by molar-refractivity contribution is 6.14. The Bertz CT molecular complexity index is 642. The maximum Gasteiger partial charge on any atom is 0.148 e. The molecule has 0 atom stereocenters. The van der Waals surface area contributed by atoms with Gasteiger partial charge in [0.2, 0.25) is 0 Å². The molecule has 0 aliphatic heterocycles. The van der Waals surface area contributed by atoms with Crippen LogP contribution in [0.2, 0.25) is 0 Å². The van der Waals surface area contributed by atoms with Crippen molar-refractivity contribution in [2.75, 3.05) is 28.2 Å². The van der Waals surface area contributed by atoms with Crippen LogP contribution in [0.4, 0.5) is 0 Å². The number of allylic oxidation sites excluding steroid dienone is 8. The average molecular weight is 358 g/mol. The number of aliphatic imine (C=N–C) groups is 1. The molecule has 144 valence electrons. The third kappa shape index (κ3) is 9.33. The fraction of sp³-hybridized carbons (Fsp3) is 0.455. The van der Waals surface area contributed by atoms with Crippen molar-refractivity contribution in [1.82, 2.24) is 4.90 Å². The fourth-order valence-corrected chi connectivity index (χ4v) is 2.01. The van der Waals surface area contributed by atoms with Crippen LogP contribution in [-0.4, -0.2) is 44.5 Å². The van der Waals surface area contributed by atoms with Crippen LogP contribution in [0.1, 0.15) is 40.5 Å². The zero-order chi connectivity index (χ0) is 20.1. The Balaban J connectivity index is 0.000000920. The molecule has 0 spiro atoms. The summed E-state index contributed by atoms with van der Waals surface area (Å²) in [6.45, 7) is 8.01. The molecular weight excluding hydrogens is 322 g/mol. The Morgan fingerprint density at radius 1 is 1.04 bits per heavy atom. The van der Waals surface area contributed by atoms with Gasteiger partial charge in [-0.1, -0.05) is 31.6 Å². The minimum absolute atomic E-state index is 0.574. The summed E-state index contributed by atoms with van der Waals surface area (Å²) in [5.74, 6) is 1.55. The van der Waals surface area contributed by atoms with Gasteiger partial charge in [-0.05, 0) is 71.3 Å². The van der Waals surface area contributed by atoms with Gasteiger partial charge in [-0.25, -0.2) is 0 Å². The van der Waals surface area contributed by atoms with E-state index in [0.29, 0.717) is 12.1 Å². The monoisotopic (exact) mass is 357 g/mol. The highest BCUT2D eigenvalue weighted by atomic mass is 16.5. The number of hydrogen-bond donors (Lipinski definition) is 1. The number of nitrogens with one attached hydrogen (secondary N) is 1. The lowest BCUT2D eigenvalue weighted by Crippen LogP contribution is -2.03. The maximum atomic E-state index is 7.91. The maximum absolute atomic E-state index is 7.91. The highest BCUT2D eigenvalue weighted by Gasteiger charge is 2.14. The second-order valence-electron chi connectivity index (χ2n) is 6.25. The van der Waals surface area contributed by atoms with E-state index in [-0.39, 0.29) is 0 Å². The third-order valence-electron chi connectivity index (χ3n) is 3.31. The first-order chi connectivity index (χ1) is 12.3. The molecule has 2 rings (SSSR count). The molecule has 0 heterocycles. The molecule has 0 aromatic rings. The van der Waals surface area contributed by atoms with Crippen molar-refractivity contribution in [3.8, 4) is 0 Å². The summed E-state index contributed by atoms with van der Waals surface area (Å²) in [6, 6.07) is 0. The van der Waals surface area contributed by atoms with Crippen LogP contribution in [0, 0.1) is 5.41 Å². The molecule has 2 aliphatic rings.